The Bertz CT molecular complexity index is 1530. The number of halogens is 3. The van der Waals surface area contributed by atoms with Crippen LogP contribution in [0.3, 0.4) is 0 Å². The van der Waals surface area contributed by atoms with E-state index in [4.69, 9.17) is 26.1 Å². The molecule has 2 bridgehead atoms. The van der Waals surface area contributed by atoms with Crippen LogP contribution in [0.4, 0.5) is 13.2 Å². The van der Waals surface area contributed by atoms with Gasteiger partial charge in [-0.1, -0.05) is 12.1 Å². The van der Waals surface area contributed by atoms with E-state index < -0.39 is 82.9 Å². The first-order valence-electron chi connectivity index (χ1n) is 13.3. The zero-order valence-electron chi connectivity index (χ0n) is 23.5. The maximum absolute atomic E-state index is 13.0. The number of aromatic hydroxyl groups is 1. The molecule has 1 spiro atoms. The predicted molar refractivity (Wildman–Crippen MR) is 141 cm³/mol. The van der Waals surface area contributed by atoms with E-state index in [2.05, 4.69) is 0 Å². The number of aliphatic carboxylic acids is 5. The molecule has 1 saturated heterocycles. The van der Waals surface area contributed by atoms with E-state index >= 15 is 0 Å². The number of alkyl halides is 3. The lowest BCUT2D eigenvalue weighted by molar-refractivity contribution is -0.192. The summed E-state index contributed by atoms with van der Waals surface area (Å²) in [7, 11) is 1.79. The molecule has 15 nitrogen and oxygen atoms in total. The number of phenols is 1. The lowest BCUT2D eigenvalue weighted by atomic mass is 9.38. The van der Waals surface area contributed by atoms with E-state index in [-0.39, 0.29) is 36.3 Å². The zero-order chi connectivity index (χ0) is 34.1. The molecule has 5 rings (SSSR count). The van der Waals surface area contributed by atoms with Crippen molar-refractivity contribution in [2.45, 2.75) is 66.9 Å². The number of rotatable bonds is 8. The Balaban J connectivity index is 0.000000591. The molecule has 1 fully saturated rings. The average molecular weight is 646 g/mol. The van der Waals surface area contributed by atoms with E-state index in [1.54, 1.807) is 13.1 Å². The molecule has 0 aromatic heterocycles. The van der Waals surface area contributed by atoms with Crippen molar-refractivity contribution >= 4 is 29.8 Å². The molecular weight excluding hydrogens is 615 g/mol. The molecule has 0 saturated carbocycles. The number of allylic oxidation sites excluding steroid dienone is 1. The van der Waals surface area contributed by atoms with Gasteiger partial charge in [0.1, 0.15) is 17.2 Å². The van der Waals surface area contributed by atoms with Crippen molar-refractivity contribution in [3.63, 3.8) is 0 Å². The lowest BCUT2D eigenvalue weighted by Gasteiger charge is -2.69. The van der Waals surface area contributed by atoms with Crippen LogP contribution in [-0.2, 0) is 35.8 Å². The molecule has 10 N–H and O–H groups in total. The topological polar surface area (TPSA) is 271 Å². The molecule has 2 aliphatic carbocycles. The number of ether oxygens (including phenoxy) is 1. The number of phenolic OH excluding ortho intramolecular Hbond substituents is 1. The second-order valence-corrected chi connectivity index (χ2v) is 11.7. The molecule has 2 heterocycles. The summed E-state index contributed by atoms with van der Waals surface area (Å²) < 4.78 is 38.0. The first kappa shape index (κ1) is 33.5. The normalized spacial score (nSPS) is 28.9. The third kappa shape index (κ3) is 4.57. The standard InChI is InChI=1S/C25H29N3O10.C2HF3O2/c1-28-7-6-22-17-11-2-3-13(29)18(17)38-19(22)12(23(26,20(34)35)9-15(30)31)4-5-24(22,14(28)8-11)25(27,21(36)37)10-16(32)33;3-2(4,5)1(6)7/h2-4,14,19,29H,5-10,26-27H2,1H3,(H,30,31)(H,32,33)(H,34,35)(H,36,37);(H,6,7)/t14-,19+,22+,23?,24-,25?;/m1./s1. The summed E-state index contributed by atoms with van der Waals surface area (Å²) in [4.78, 5) is 60.0. The number of likely N-dealkylation sites (tertiary alicyclic amines) is 1. The number of nitrogens with zero attached hydrogens (tertiary/aromatic N) is 1. The SMILES string of the molecule is CN1CC[C@]23c4c5ccc(O)c4O[C@H]2C(C(N)(CC(=O)O)C(=O)O)=CC[C@@]3(C(N)(CC(=O)O)C(=O)O)[C@H]1C5.O=C(O)C(F)(F)F. The Labute approximate surface area is 251 Å². The second-order valence-electron chi connectivity index (χ2n) is 11.7. The monoisotopic (exact) mass is 645 g/mol. The van der Waals surface area contributed by atoms with E-state index in [0.717, 1.165) is 0 Å². The molecular formula is C27H30F3N3O12. The zero-order valence-corrected chi connectivity index (χ0v) is 23.5. The molecule has 6 atom stereocenters. The number of likely N-dealkylation sites (N-methyl/N-ethyl adjacent to an activating group) is 1. The fourth-order valence-corrected chi connectivity index (χ4v) is 7.92. The quantitative estimate of drug-likeness (QED) is 0.174. The number of benzene rings is 1. The Morgan fingerprint density at radius 1 is 0.978 bits per heavy atom. The smallest absolute Gasteiger partial charge is 0.490 e. The Morgan fingerprint density at radius 3 is 2.04 bits per heavy atom. The highest BCUT2D eigenvalue weighted by Crippen LogP contribution is 2.72. The first-order valence-corrected chi connectivity index (χ1v) is 13.3. The molecule has 0 radical (unpaired) electrons. The Morgan fingerprint density at radius 2 is 1.56 bits per heavy atom. The summed E-state index contributed by atoms with van der Waals surface area (Å²) in [5.41, 5.74) is 6.29. The molecule has 0 amide bonds. The van der Waals surface area contributed by atoms with Gasteiger partial charge in [0.15, 0.2) is 11.5 Å². The van der Waals surface area contributed by atoms with Crippen LogP contribution in [0, 0.1) is 5.41 Å². The van der Waals surface area contributed by atoms with Crippen LogP contribution in [0.2, 0.25) is 0 Å². The highest BCUT2D eigenvalue weighted by molar-refractivity contribution is 5.91. The third-order valence-electron chi connectivity index (χ3n) is 9.63. The predicted octanol–water partition coefficient (Wildman–Crippen LogP) is 0.115. The fraction of sp³-hybridized carbons (Fsp3) is 0.519. The van der Waals surface area contributed by atoms with Crippen molar-refractivity contribution in [1.82, 2.24) is 4.90 Å². The van der Waals surface area contributed by atoms with Crippen molar-refractivity contribution in [3.05, 3.63) is 34.9 Å². The van der Waals surface area contributed by atoms with Gasteiger partial charge in [-0.3, -0.25) is 14.4 Å². The van der Waals surface area contributed by atoms with Gasteiger partial charge in [0.2, 0.25) is 0 Å². The Kier molecular flexibility index (Phi) is 7.88. The van der Waals surface area contributed by atoms with E-state index in [1.807, 2.05) is 4.90 Å². The number of nitrogens with two attached hydrogens (primary N) is 2. The van der Waals surface area contributed by atoms with Crippen LogP contribution in [0.5, 0.6) is 11.5 Å². The molecule has 1 aromatic carbocycles. The van der Waals surface area contributed by atoms with Crippen LogP contribution in [-0.4, -0.2) is 108 Å². The minimum atomic E-state index is -5.08. The van der Waals surface area contributed by atoms with Gasteiger partial charge in [0, 0.05) is 17.0 Å². The molecule has 2 unspecified atom stereocenters. The van der Waals surface area contributed by atoms with Crippen molar-refractivity contribution in [2.24, 2.45) is 16.9 Å². The summed E-state index contributed by atoms with van der Waals surface area (Å²) >= 11 is 0. The summed E-state index contributed by atoms with van der Waals surface area (Å²) in [6.07, 6.45) is -6.72. The number of carboxylic acids is 5. The van der Waals surface area contributed by atoms with Gasteiger partial charge in [-0.15, -0.1) is 0 Å². The van der Waals surface area contributed by atoms with Crippen LogP contribution < -0.4 is 16.2 Å². The van der Waals surface area contributed by atoms with E-state index in [0.29, 0.717) is 17.7 Å². The van der Waals surface area contributed by atoms with Crippen molar-refractivity contribution in [2.75, 3.05) is 13.6 Å². The van der Waals surface area contributed by atoms with E-state index in [9.17, 15) is 57.9 Å². The van der Waals surface area contributed by atoms with Crippen LogP contribution in [0.1, 0.15) is 36.8 Å². The molecule has 45 heavy (non-hydrogen) atoms. The third-order valence-corrected chi connectivity index (χ3v) is 9.63. The van der Waals surface area contributed by atoms with Crippen LogP contribution in [0.15, 0.2) is 23.8 Å². The van der Waals surface area contributed by atoms with E-state index in [1.165, 1.54) is 12.1 Å². The molecule has 1 aromatic rings. The number of hydrogen-bond acceptors (Lipinski definition) is 10. The maximum atomic E-state index is 13.0. The van der Waals surface area contributed by atoms with Gasteiger partial charge in [0.05, 0.1) is 18.3 Å². The minimum Gasteiger partial charge on any atom is -0.504 e. The van der Waals surface area contributed by atoms with Gasteiger partial charge in [-0.2, -0.15) is 13.2 Å². The van der Waals surface area contributed by atoms with Gasteiger partial charge in [0.25, 0.3) is 0 Å². The second kappa shape index (κ2) is 10.6. The van der Waals surface area contributed by atoms with Crippen molar-refractivity contribution in [1.29, 1.82) is 0 Å². The molecule has 4 aliphatic rings. The largest absolute Gasteiger partial charge is 0.504 e. The van der Waals surface area contributed by atoms with Gasteiger partial charge in [-0.05, 0) is 50.1 Å². The summed E-state index contributed by atoms with van der Waals surface area (Å²) in [5, 5.41) is 57.9. The van der Waals surface area contributed by atoms with Crippen LogP contribution >= 0.6 is 0 Å². The lowest BCUT2D eigenvalue weighted by Crippen LogP contribution is -2.82. The summed E-state index contributed by atoms with van der Waals surface area (Å²) in [6, 6.07) is 2.48. The number of carbonyl (C=O) groups is 5. The van der Waals surface area contributed by atoms with Gasteiger partial charge in [-0.25, -0.2) is 9.59 Å². The molecule has 2 aliphatic heterocycles. The van der Waals surface area contributed by atoms with Crippen LogP contribution in [0.25, 0.3) is 0 Å². The van der Waals surface area contributed by atoms with Gasteiger partial charge < -0.3 is 51.7 Å². The highest BCUT2D eigenvalue weighted by atomic mass is 19.4. The minimum absolute atomic E-state index is 0.0128. The summed E-state index contributed by atoms with van der Waals surface area (Å²) in [5.74, 6) is -9.09. The Hall–Kier alpha value is -4.42. The van der Waals surface area contributed by atoms with Gasteiger partial charge >= 0.3 is 36.0 Å². The average Bonchev–Trinajstić information content (AvgIpc) is 3.26. The maximum Gasteiger partial charge on any atom is 0.490 e. The first-order chi connectivity index (χ1) is 20.6. The van der Waals surface area contributed by atoms with Crippen molar-refractivity contribution in [3.8, 4) is 11.5 Å². The molecule has 18 heteroatoms. The van der Waals surface area contributed by atoms with Crippen molar-refractivity contribution < 1.29 is 72.5 Å². The number of carboxylic acid groups (broad SMARTS) is 5. The number of hydrogen-bond donors (Lipinski definition) is 8. The molecule has 246 valence electrons. The fourth-order valence-electron chi connectivity index (χ4n) is 7.92. The number of piperidine rings is 1. The highest BCUT2D eigenvalue weighted by Gasteiger charge is 2.79. The summed E-state index contributed by atoms with van der Waals surface area (Å²) in [6.45, 7) is 0.389.